The average molecular weight is 256 g/mol. The van der Waals surface area contributed by atoms with Crippen molar-refractivity contribution in [2.45, 2.75) is 13.0 Å². The van der Waals surface area contributed by atoms with Crippen LogP contribution in [-0.2, 0) is 4.79 Å². The van der Waals surface area contributed by atoms with E-state index in [1.54, 1.807) is 6.07 Å². The molecule has 2 aromatic rings. The predicted octanol–water partition coefficient (Wildman–Crippen LogP) is 2.75. The number of amides is 1. The Morgan fingerprint density at radius 2 is 2.00 bits per heavy atom. The van der Waals surface area contributed by atoms with Crippen LogP contribution in [0.5, 0.6) is 0 Å². The van der Waals surface area contributed by atoms with Gasteiger partial charge in [-0.15, -0.1) is 0 Å². The van der Waals surface area contributed by atoms with Gasteiger partial charge < -0.3 is 11.1 Å². The molecule has 0 radical (unpaired) electrons. The maximum absolute atomic E-state index is 13.4. The third kappa shape index (κ3) is 1.81. The summed E-state index contributed by atoms with van der Waals surface area (Å²) in [6.07, 6.45) is 0. The van der Waals surface area contributed by atoms with Crippen LogP contribution in [0, 0.1) is 12.7 Å². The molecule has 0 aliphatic carbocycles. The number of aryl methyl sites for hydroxylation is 1. The van der Waals surface area contributed by atoms with E-state index < -0.39 is 11.9 Å². The Morgan fingerprint density at radius 1 is 1.21 bits per heavy atom. The van der Waals surface area contributed by atoms with E-state index in [0.717, 1.165) is 22.4 Å². The normalized spacial score (nSPS) is 17.2. The van der Waals surface area contributed by atoms with Crippen LogP contribution in [0.2, 0.25) is 0 Å². The zero-order valence-electron chi connectivity index (χ0n) is 10.4. The molecular weight excluding hydrogens is 243 g/mol. The largest absolute Gasteiger partial charge is 0.324 e. The van der Waals surface area contributed by atoms with Crippen molar-refractivity contribution in [2.75, 3.05) is 5.32 Å². The number of benzene rings is 2. The van der Waals surface area contributed by atoms with Crippen molar-refractivity contribution in [1.29, 1.82) is 0 Å². The highest BCUT2D eigenvalue weighted by molar-refractivity contribution is 6.03. The minimum atomic E-state index is -0.863. The van der Waals surface area contributed by atoms with Crippen molar-refractivity contribution < 1.29 is 9.18 Å². The first-order valence-corrected chi connectivity index (χ1v) is 6.04. The first-order chi connectivity index (χ1) is 9.08. The van der Waals surface area contributed by atoms with Crippen molar-refractivity contribution in [3.05, 3.63) is 53.3 Å². The second-order valence-electron chi connectivity index (χ2n) is 4.70. The summed E-state index contributed by atoms with van der Waals surface area (Å²) in [5.41, 5.74) is 9.79. The summed E-state index contributed by atoms with van der Waals surface area (Å²) in [4.78, 5) is 12.0. The number of carbonyl (C=O) groups is 1. The number of halogens is 1. The lowest BCUT2D eigenvalue weighted by Crippen LogP contribution is -2.26. The second kappa shape index (κ2) is 4.17. The quantitative estimate of drug-likeness (QED) is 0.761. The van der Waals surface area contributed by atoms with E-state index in [1.807, 2.05) is 25.1 Å². The number of hydrogen-bond acceptors (Lipinski definition) is 2. The number of para-hydroxylation sites is 1. The zero-order valence-corrected chi connectivity index (χ0v) is 10.4. The van der Waals surface area contributed by atoms with Gasteiger partial charge in [-0.25, -0.2) is 4.39 Å². The van der Waals surface area contributed by atoms with E-state index in [9.17, 15) is 9.18 Å². The summed E-state index contributed by atoms with van der Waals surface area (Å²) in [6, 6.07) is 9.24. The van der Waals surface area contributed by atoms with Gasteiger partial charge in [0.1, 0.15) is 11.9 Å². The molecule has 0 saturated heterocycles. The minimum Gasteiger partial charge on any atom is -0.324 e. The Balaban J connectivity index is 2.36. The Hall–Kier alpha value is -2.20. The van der Waals surface area contributed by atoms with Gasteiger partial charge >= 0.3 is 0 Å². The third-order valence-electron chi connectivity index (χ3n) is 3.44. The van der Waals surface area contributed by atoms with Crippen LogP contribution in [0.15, 0.2) is 36.4 Å². The van der Waals surface area contributed by atoms with Gasteiger partial charge in [-0.2, -0.15) is 0 Å². The van der Waals surface area contributed by atoms with E-state index in [-0.39, 0.29) is 5.91 Å². The fraction of sp³-hybridized carbons (Fsp3) is 0.133. The van der Waals surface area contributed by atoms with Gasteiger partial charge in [-0.3, -0.25) is 4.79 Å². The van der Waals surface area contributed by atoms with Gasteiger partial charge in [0, 0.05) is 5.56 Å². The van der Waals surface area contributed by atoms with Gasteiger partial charge in [0.15, 0.2) is 0 Å². The number of fused-ring (bicyclic) bond motifs is 3. The highest BCUT2D eigenvalue weighted by atomic mass is 19.1. The number of nitrogens with two attached hydrogens (primary N) is 1. The number of anilines is 1. The molecule has 0 saturated carbocycles. The summed E-state index contributed by atoms with van der Waals surface area (Å²) in [5.74, 6) is -0.710. The van der Waals surface area contributed by atoms with E-state index in [0.29, 0.717) is 5.56 Å². The summed E-state index contributed by atoms with van der Waals surface area (Å²) in [6.45, 7) is 1.92. The first kappa shape index (κ1) is 11.9. The highest BCUT2D eigenvalue weighted by Gasteiger charge is 2.26. The van der Waals surface area contributed by atoms with Crippen LogP contribution in [0.25, 0.3) is 11.1 Å². The molecular formula is C15H13FN2O. The molecule has 96 valence electrons. The van der Waals surface area contributed by atoms with Crippen molar-refractivity contribution in [2.24, 2.45) is 5.73 Å². The van der Waals surface area contributed by atoms with Crippen molar-refractivity contribution in [1.82, 2.24) is 0 Å². The molecule has 0 fully saturated rings. The topological polar surface area (TPSA) is 55.1 Å². The monoisotopic (exact) mass is 256 g/mol. The molecule has 0 spiro atoms. The molecule has 1 aliphatic rings. The maximum atomic E-state index is 13.4. The van der Waals surface area contributed by atoms with Crippen LogP contribution < -0.4 is 11.1 Å². The molecule has 3 rings (SSSR count). The summed E-state index contributed by atoms with van der Waals surface area (Å²) in [5, 5.41) is 2.82. The summed E-state index contributed by atoms with van der Waals surface area (Å²) >= 11 is 0. The van der Waals surface area contributed by atoms with Crippen molar-refractivity contribution in [3.63, 3.8) is 0 Å². The minimum absolute atomic E-state index is 0.320. The summed E-state index contributed by atoms with van der Waals surface area (Å²) in [7, 11) is 0. The lowest BCUT2D eigenvalue weighted by molar-refractivity contribution is -0.117. The Morgan fingerprint density at radius 3 is 2.79 bits per heavy atom. The number of hydrogen-bond donors (Lipinski definition) is 2. The van der Waals surface area contributed by atoms with Gasteiger partial charge in [0.2, 0.25) is 5.91 Å². The van der Waals surface area contributed by atoms with Crippen LogP contribution >= 0.6 is 0 Å². The molecule has 4 heteroatoms. The molecule has 1 heterocycles. The molecule has 3 nitrogen and oxygen atoms in total. The van der Waals surface area contributed by atoms with Crippen LogP contribution in [0.3, 0.4) is 0 Å². The first-order valence-electron chi connectivity index (χ1n) is 6.04. The SMILES string of the molecule is Cc1cccc2c1NC(=O)C(N)c1cc(F)ccc1-2. The fourth-order valence-electron chi connectivity index (χ4n) is 2.44. The summed E-state index contributed by atoms with van der Waals surface area (Å²) < 4.78 is 13.4. The lowest BCUT2D eigenvalue weighted by Gasteiger charge is -2.11. The molecule has 2 aromatic carbocycles. The van der Waals surface area contributed by atoms with E-state index >= 15 is 0 Å². The zero-order chi connectivity index (χ0) is 13.6. The molecule has 3 N–H and O–H groups in total. The number of carbonyl (C=O) groups excluding carboxylic acids is 1. The molecule has 0 aromatic heterocycles. The van der Waals surface area contributed by atoms with Gasteiger partial charge in [0.25, 0.3) is 0 Å². The number of nitrogens with one attached hydrogen (secondary N) is 1. The van der Waals surface area contributed by atoms with Gasteiger partial charge in [-0.05, 0) is 35.7 Å². The van der Waals surface area contributed by atoms with Gasteiger partial charge in [-0.1, -0.05) is 24.3 Å². The Labute approximate surface area is 110 Å². The predicted molar refractivity (Wildman–Crippen MR) is 72.1 cm³/mol. The van der Waals surface area contributed by atoms with Gasteiger partial charge in [0.05, 0.1) is 5.69 Å². The fourth-order valence-corrected chi connectivity index (χ4v) is 2.44. The smallest absolute Gasteiger partial charge is 0.245 e. The second-order valence-corrected chi connectivity index (χ2v) is 4.70. The van der Waals surface area contributed by atoms with Crippen molar-refractivity contribution in [3.8, 4) is 11.1 Å². The Bertz CT molecular complexity index is 682. The Kier molecular flexibility index (Phi) is 2.61. The maximum Gasteiger partial charge on any atom is 0.245 e. The van der Waals surface area contributed by atoms with E-state index in [1.165, 1.54) is 12.1 Å². The van der Waals surface area contributed by atoms with E-state index in [2.05, 4.69) is 5.32 Å². The van der Waals surface area contributed by atoms with Crippen LogP contribution in [0.1, 0.15) is 17.2 Å². The molecule has 0 bridgehead atoms. The third-order valence-corrected chi connectivity index (χ3v) is 3.44. The van der Waals surface area contributed by atoms with Crippen LogP contribution in [-0.4, -0.2) is 5.91 Å². The highest BCUT2D eigenvalue weighted by Crippen LogP contribution is 2.38. The van der Waals surface area contributed by atoms with Crippen molar-refractivity contribution >= 4 is 11.6 Å². The molecule has 1 unspecified atom stereocenters. The van der Waals surface area contributed by atoms with E-state index in [4.69, 9.17) is 5.73 Å². The molecule has 1 atom stereocenters. The molecule has 1 amide bonds. The average Bonchev–Trinajstić information content (AvgIpc) is 2.49. The van der Waals surface area contributed by atoms with Crippen LogP contribution in [0.4, 0.5) is 10.1 Å². The molecule has 19 heavy (non-hydrogen) atoms. The standard InChI is InChI=1S/C15H13FN2O/c1-8-3-2-4-11-10-6-5-9(16)7-12(10)13(17)15(19)18-14(8)11/h2-7,13H,17H2,1H3,(H,18,19). The lowest BCUT2D eigenvalue weighted by atomic mass is 9.94. The number of rotatable bonds is 0. The molecule has 1 aliphatic heterocycles.